The van der Waals surface area contributed by atoms with Crippen molar-refractivity contribution < 1.29 is 4.79 Å². The molecule has 2 aromatic rings. The van der Waals surface area contributed by atoms with Crippen LogP contribution in [0.1, 0.15) is 20.9 Å². The van der Waals surface area contributed by atoms with Gasteiger partial charge in [-0.2, -0.15) is 0 Å². The number of aldehydes is 1. The Bertz CT molecular complexity index is 473. The van der Waals surface area contributed by atoms with Crippen molar-refractivity contribution in [1.29, 1.82) is 0 Å². The zero-order valence-corrected chi connectivity index (χ0v) is 8.31. The maximum atomic E-state index is 10.5. The van der Waals surface area contributed by atoms with E-state index in [9.17, 15) is 4.79 Å². The number of carbonyl (C=O) groups is 1. The number of nitrogens with zero attached hydrogens (tertiary/aromatic N) is 1. The van der Waals surface area contributed by atoms with Gasteiger partial charge in [-0.05, 0) is 31.0 Å². The van der Waals surface area contributed by atoms with Crippen molar-refractivity contribution >= 4 is 27.8 Å². The molecule has 0 atom stereocenters. The highest BCUT2D eigenvalue weighted by atomic mass is 32.1. The molecule has 66 valence electrons. The van der Waals surface area contributed by atoms with Crippen LogP contribution in [0.5, 0.6) is 0 Å². The molecule has 1 heterocycles. The topological polar surface area (TPSA) is 30.0 Å². The molecule has 0 aliphatic carbocycles. The zero-order chi connectivity index (χ0) is 9.42. The molecule has 0 aliphatic heterocycles. The summed E-state index contributed by atoms with van der Waals surface area (Å²) in [6, 6.07) is 4.14. The summed E-state index contributed by atoms with van der Waals surface area (Å²) in [6.07, 6.45) is 0.805. The number of carbonyl (C=O) groups excluding carboxylic acids is 1. The number of fused-ring (bicyclic) bond motifs is 1. The smallest absolute Gasteiger partial charge is 0.178 e. The van der Waals surface area contributed by atoms with Gasteiger partial charge in [0, 0.05) is 0 Å². The third kappa shape index (κ3) is 1.35. The number of thiazole rings is 1. The summed E-state index contributed by atoms with van der Waals surface area (Å²) in [5, 5.41) is 0.559. The molecule has 2 rings (SSSR count). The molecule has 0 unspecified atom stereocenters. The number of aryl methyl sites for hydroxylation is 2. The van der Waals surface area contributed by atoms with Gasteiger partial charge in [0.1, 0.15) is 0 Å². The number of rotatable bonds is 1. The van der Waals surface area contributed by atoms with Crippen LogP contribution in [0.15, 0.2) is 12.1 Å². The highest BCUT2D eigenvalue weighted by molar-refractivity contribution is 7.20. The second-order valence-electron chi connectivity index (χ2n) is 3.10. The fourth-order valence-electron chi connectivity index (χ4n) is 1.44. The summed E-state index contributed by atoms with van der Waals surface area (Å²) in [4.78, 5) is 14.7. The first-order valence-electron chi connectivity index (χ1n) is 4.03. The van der Waals surface area contributed by atoms with Crippen molar-refractivity contribution in [3.8, 4) is 0 Å². The van der Waals surface area contributed by atoms with Gasteiger partial charge in [0.15, 0.2) is 11.3 Å². The molecule has 0 aliphatic rings. The van der Waals surface area contributed by atoms with Crippen LogP contribution in [0.2, 0.25) is 0 Å². The molecular formula is C10H9NOS. The normalized spacial score (nSPS) is 10.6. The van der Waals surface area contributed by atoms with Crippen molar-refractivity contribution in [1.82, 2.24) is 4.98 Å². The summed E-state index contributed by atoms with van der Waals surface area (Å²) >= 11 is 1.45. The van der Waals surface area contributed by atoms with Crippen molar-refractivity contribution in [2.75, 3.05) is 0 Å². The summed E-state index contributed by atoms with van der Waals surface area (Å²) in [5.41, 5.74) is 3.31. The third-order valence-electron chi connectivity index (χ3n) is 1.95. The minimum atomic E-state index is 0.559. The SMILES string of the molecule is Cc1cc(C)c2nc(C=O)sc2c1. The lowest BCUT2D eigenvalue weighted by Crippen LogP contribution is -1.80. The molecule has 2 nitrogen and oxygen atoms in total. The van der Waals surface area contributed by atoms with Crippen LogP contribution in [0.3, 0.4) is 0 Å². The molecule has 0 saturated carbocycles. The Kier molecular flexibility index (Phi) is 1.88. The van der Waals surface area contributed by atoms with Gasteiger partial charge in [-0.1, -0.05) is 6.07 Å². The van der Waals surface area contributed by atoms with Gasteiger partial charge in [-0.15, -0.1) is 11.3 Å². The number of benzene rings is 1. The van der Waals surface area contributed by atoms with Gasteiger partial charge in [-0.3, -0.25) is 4.79 Å². The van der Waals surface area contributed by atoms with Gasteiger partial charge in [0.05, 0.1) is 10.2 Å². The molecule has 1 aromatic heterocycles. The van der Waals surface area contributed by atoms with E-state index >= 15 is 0 Å². The molecule has 13 heavy (non-hydrogen) atoms. The molecule has 0 fully saturated rings. The lowest BCUT2D eigenvalue weighted by Gasteiger charge is -1.95. The fourth-order valence-corrected chi connectivity index (χ4v) is 2.40. The van der Waals surface area contributed by atoms with E-state index in [4.69, 9.17) is 0 Å². The Morgan fingerprint density at radius 1 is 1.38 bits per heavy atom. The number of hydrogen-bond acceptors (Lipinski definition) is 3. The number of aromatic nitrogens is 1. The molecule has 3 heteroatoms. The van der Waals surface area contributed by atoms with E-state index in [1.54, 1.807) is 0 Å². The first kappa shape index (κ1) is 8.38. The summed E-state index contributed by atoms with van der Waals surface area (Å²) in [6.45, 7) is 4.07. The average Bonchev–Trinajstić information content (AvgIpc) is 2.47. The summed E-state index contributed by atoms with van der Waals surface area (Å²) in [7, 11) is 0. The van der Waals surface area contributed by atoms with Crippen molar-refractivity contribution in [3.05, 3.63) is 28.3 Å². The van der Waals surface area contributed by atoms with Crippen molar-refractivity contribution in [2.24, 2.45) is 0 Å². The minimum Gasteiger partial charge on any atom is -0.295 e. The van der Waals surface area contributed by atoms with Gasteiger partial charge in [-0.25, -0.2) is 4.98 Å². The van der Waals surface area contributed by atoms with Crippen molar-refractivity contribution in [3.63, 3.8) is 0 Å². The van der Waals surface area contributed by atoms with Crippen LogP contribution in [0.4, 0.5) is 0 Å². The largest absolute Gasteiger partial charge is 0.295 e. The zero-order valence-electron chi connectivity index (χ0n) is 7.50. The van der Waals surface area contributed by atoms with Gasteiger partial charge in [0.2, 0.25) is 0 Å². The van der Waals surface area contributed by atoms with Crippen LogP contribution < -0.4 is 0 Å². The molecule has 0 radical (unpaired) electrons. The lowest BCUT2D eigenvalue weighted by molar-refractivity contribution is 0.112. The van der Waals surface area contributed by atoms with Gasteiger partial charge in [0.25, 0.3) is 0 Å². The summed E-state index contributed by atoms with van der Waals surface area (Å²) < 4.78 is 1.10. The molecule has 0 amide bonds. The number of hydrogen-bond donors (Lipinski definition) is 0. The van der Waals surface area contributed by atoms with E-state index < -0.39 is 0 Å². The molecule has 0 saturated heterocycles. The molecule has 0 bridgehead atoms. The summed E-state index contributed by atoms with van der Waals surface area (Å²) in [5.74, 6) is 0. The first-order chi connectivity index (χ1) is 6.20. The average molecular weight is 191 g/mol. The van der Waals surface area contributed by atoms with E-state index in [1.807, 2.05) is 13.8 Å². The Balaban J connectivity index is 2.82. The van der Waals surface area contributed by atoms with Gasteiger partial charge >= 0.3 is 0 Å². The Labute approximate surface area is 80.2 Å². The third-order valence-corrected chi connectivity index (χ3v) is 2.87. The van der Waals surface area contributed by atoms with E-state index in [-0.39, 0.29) is 0 Å². The molecule has 1 aromatic carbocycles. The highest BCUT2D eigenvalue weighted by Gasteiger charge is 2.05. The van der Waals surface area contributed by atoms with E-state index in [2.05, 4.69) is 17.1 Å². The first-order valence-corrected chi connectivity index (χ1v) is 4.85. The molecule has 0 N–H and O–H groups in total. The predicted octanol–water partition coefficient (Wildman–Crippen LogP) is 2.73. The standard InChI is InChI=1S/C10H9NOS/c1-6-3-7(2)10-8(4-6)13-9(5-12)11-10/h3-5H,1-2H3. The maximum absolute atomic E-state index is 10.5. The van der Waals surface area contributed by atoms with Crippen LogP contribution in [-0.2, 0) is 0 Å². The second kappa shape index (κ2) is 2.92. The van der Waals surface area contributed by atoms with Gasteiger partial charge < -0.3 is 0 Å². The quantitative estimate of drug-likeness (QED) is 0.649. The Morgan fingerprint density at radius 3 is 2.85 bits per heavy atom. The predicted molar refractivity (Wildman–Crippen MR) is 54.5 cm³/mol. The van der Waals surface area contributed by atoms with E-state index in [0.717, 1.165) is 22.1 Å². The Morgan fingerprint density at radius 2 is 2.15 bits per heavy atom. The molecule has 0 spiro atoms. The van der Waals surface area contributed by atoms with Crippen LogP contribution >= 0.6 is 11.3 Å². The van der Waals surface area contributed by atoms with Crippen LogP contribution in [0, 0.1) is 13.8 Å². The monoisotopic (exact) mass is 191 g/mol. The second-order valence-corrected chi connectivity index (χ2v) is 4.16. The molecular weight excluding hydrogens is 182 g/mol. The minimum absolute atomic E-state index is 0.559. The Hall–Kier alpha value is -1.22. The van der Waals surface area contributed by atoms with E-state index in [0.29, 0.717) is 5.01 Å². The fraction of sp³-hybridized carbons (Fsp3) is 0.200. The lowest BCUT2D eigenvalue weighted by atomic mass is 10.1. The van der Waals surface area contributed by atoms with Crippen LogP contribution in [-0.4, -0.2) is 11.3 Å². The van der Waals surface area contributed by atoms with Crippen molar-refractivity contribution in [2.45, 2.75) is 13.8 Å². The maximum Gasteiger partial charge on any atom is 0.178 e. The van der Waals surface area contributed by atoms with E-state index in [1.165, 1.54) is 16.9 Å². The highest BCUT2D eigenvalue weighted by Crippen LogP contribution is 2.25. The van der Waals surface area contributed by atoms with Crippen LogP contribution in [0.25, 0.3) is 10.2 Å².